The van der Waals surface area contributed by atoms with Crippen LogP contribution in [0.2, 0.25) is 0 Å². The van der Waals surface area contributed by atoms with Crippen molar-refractivity contribution in [1.82, 2.24) is 0 Å². The summed E-state index contributed by atoms with van der Waals surface area (Å²) < 4.78 is 5.11. The van der Waals surface area contributed by atoms with Gasteiger partial charge in [-0.2, -0.15) is 0 Å². The Morgan fingerprint density at radius 3 is 2.24 bits per heavy atom. The first kappa shape index (κ1) is 17.1. The molecule has 3 rings (SSSR count). The summed E-state index contributed by atoms with van der Waals surface area (Å²) in [7, 11) is 0. The fraction of sp³-hybridized carbons (Fsp3) is 0.0455. The molecule has 0 fully saturated rings. The van der Waals surface area contributed by atoms with Crippen LogP contribution >= 0.6 is 11.8 Å². The maximum atomic E-state index is 11.2. The topological polar surface area (TPSA) is 26.3 Å². The van der Waals surface area contributed by atoms with Gasteiger partial charge in [0.25, 0.3) is 0 Å². The van der Waals surface area contributed by atoms with Gasteiger partial charge in [-0.3, -0.25) is 0 Å². The second kappa shape index (κ2) is 7.86. The van der Waals surface area contributed by atoms with E-state index in [0.29, 0.717) is 5.75 Å². The van der Waals surface area contributed by atoms with E-state index in [2.05, 4.69) is 56.0 Å². The van der Waals surface area contributed by atoms with Crippen molar-refractivity contribution in [3.05, 3.63) is 91.0 Å². The number of ether oxygens (including phenoxy) is 1. The lowest BCUT2D eigenvalue weighted by atomic mass is 10.0. The molecule has 0 aliphatic rings. The van der Waals surface area contributed by atoms with Crippen LogP contribution in [0.3, 0.4) is 0 Å². The highest BCUT2D eigenvalue weighted by molar-refractivity contribution is 7.99. The highest BCUT2D eigenvalue weighted by atomic mass is 32.2. The molecule has 0 aromatic heterocycles. The Kier molecular flexibility index (Phi) is 5.36. The summed E-state index contributed by atoms with van der Waals surface area (Å²) in [5.41, 5.74) is 3.71. The number of hydrogen-bond donors (Lipinski definition) is 0. The van der Waals surface area contributed by atoms with Crippen molar-refractivity contribution >= 4 is 17.7 Å². The molecule has 3 aromatic carbocycles. The van der Waals surface area contributed by atoms with Crippen LogP contribution in [0.1, 0.15) is 5.56 Å². The second-order valence-electron chi connectivity index (χ2n) is 5.51. The lowest BCUT2D eigenvalue weighted by Crippen LogP contribution is -2.02. The Morgan fingerprint density at radius 2 is 1.56 bits per heavy atom. The SMILES string of the molecule is C=CC(=O)Oc1ccc(Sc2ccccc2-c2ccccc2C)cc1. The molecule has 0 saturated heterocycles. The summed E-state index contributed by atoms with van der Waals surface area (Å²) in [6.07, 6.45) is 1.15. The minimum absolute atomic E-state index is 0.453. The number of aryl methyl sites for hydroxylation is 1. The van der Waals surface area contributed by atoms with E-state index in [1.165, 1.54) is 21.6 Å². The molecule has 0 radical (unpaired) electrons. The predicted octanol–water partition coefficient (Wildman–Crippen LogP) is 5.90. The number of carbonyl (C=O) groups is 1. The number of benzene rings is 3. The summed E-state index contributed by atoms with van der Waals surface area (Å²) in [5, 5.41) is 0. The summed E-state index contributed by atoms with van der Waals surface area (Å²) in [5.74, 6) is 0.0618. The van der Waals surface area contributed by atoms with Crippen LogP contribution < -0.4 is 4.74 Å². The molecule has 124 valence electrons. The van der Waals surface area contributed by atoms with E-state index in [1.807, 2.05) is 18.2 Å². The zero-order valence-electron chi connectivity index (χ0n) is 13.9. The monoisotopic (exact) mass is 346 g/mol. The van der Waals surface area contributed by atoms with Crippen molar-refractivity contribution in [2.24, 2.45) is 0 Å². The van der Waals surface area contributed by atoms with Crippen LogP contribution in [0.5, 0.6) is 5.75 Å². The van der Waals surface area contributed by atoms with Gasteiger partial charge < -0.3 is 4.74 Å². The first-order valence-electron chi connectivity index (χ1n) is 7.94. The van der Waals surface area contributed by atoms with Crippen LogP contribution in [-0.4, -0.2) is 5.97 Å². The molecule has 0 aliphatic carbocycles. The molecule has 3 aromatic rings. The number of esters is 1. The van der Waals surface area contributed by atoms with Crippen molar-refractivity contribution in [1.29, 1.82) is 0 Å². The molecule has 0 N–H and O–H groups in total. The summed E-state index contributed by atoms with van der Waals surface area (Å²) >= 11 is 1.69. The van der Waals surface area contributed by atoms with E-state index in [-0.39, 0.29) is 0 Å². The van der Waals surface area contributed by atoms with Gasteiger partial charge in [0.2, 0.25) is 0 Å². The molecule has 25 heavy (non-hydrogen) atoms. The molecule has 0 heterocycles. The van der Waals surface area contributed by atoms with Crippen molar-refractivity contribution in [3.63, 3.8) is 0 Å². The minimum Gasteiger partial charge on any atom is -0.423 e. The highest BCUT2D eigenvalue weighted by Gasteiger charge is 2.08. The first-order chi connectivity index (χ1) is 12.2. The molecular weight excluding hydrogens is 328 g/mol. The normalized spacial score (nSPS) is 10.3. The number of hydrogen-bond acceptors (Lipinski definition) is 3. The molecule has 0 atom stereocenters. The van der Waals surface area contributed by atoms with Gasteiger partial charge in [0.05, 0.1) is 0 Å². The lowest BCUT2D eigenvalue weighted by Gasteiger charge is -2.12. The van der Waals surface area contributed by atoms with Gasteiger partial charge in [-0.1, -0.05) is 60.8 Å². The van der Waals surface area contributed by atoms with Gasteiger partial charge in [-0.15, -0.1) is 0 Å². The van der Waals surface area contributed by atoms with Gasteiger partial charge in [0.15, 0.2) is 0 Å². The van der Waals surface area contributed by atoms with E-state index < -0.39 is 5.97 Å². The summed E-state index contributed by atoms with van der Waals surface area (Å²) in [4.78, 5) is 13.5. The molecule has 0 saturated carbocycles. The Labute approximate surface area is 152 Å². The maximum absolute atomic E-state index is 11.2. The third-order valence-electron chi connectivity index (χ3n) is 3.76. The Balaban J connectivity index is 1.86. The van der Waals surface area contributed by atoms with Crippen LogP contribution in [0.4, 0.5) is 0 Å². The van der Waals surface area contributed by atoms with E-state index in [0.717, 1.165) is 11.0 Å². The zero-order valence-corrected chi connectivity index (χ0v) is 14.8. The summed E-state index contributed by atoms with van der Waals surface area (Å²) in [6.45, 7) is 5.52. The molecule has 3 heteroatoms. The van der Waals surface area contributed by atoms with Crippen molar-refractivity contribution in [2.75, 3.05) is 0 Å². The van der Waals surface area contributed by atoms with Gasteiger partial charge >= 0.3 is 5.97 Å². The van der Waals surface area contributed by atoms with E-state index in [9.17, 15) is 4.79 Å². The van der Waals surface area contributed by atoms with E-state index in [4.69, 9.17) is 4.74 Å². The van der Waals surface area contributed by atoms with Gasteiger partial charge in [0, 0.05) is 15.9 Å². The largest absolute Gasteiger partial charge is 0.423 e. The molecule has 2 nitrogen and oxygen atoms in total. The molecule has 0 aliphatic heterocycles. The van der Waals surface area contributed by atoms with Gasteiger partial charge in [0.1, 0.15) is 5.75 Å². The van der Waals surface area contributed by atoms with Crippen LogP contribution in [-0.2, 0) is 4.79 Å². The van der Waals surface area contributed by atoms with E-state index >= 15 is 0 Å². The zero-order chi connectivity index (χ0) is 17.6. The minimum atomic E-state index is -0.453. The molecule has 0 bridgehead atoms. The third kappa shape index (κ3) is 4.20. The van der Waals surface area contributed by atoms with Crippen molar-refractivity contribution in [3.8, 4) is 16.9 Å². The summed E-state index contributed by atoms with van der Waals surface area (Å²) in [6, 6.07) is 24.2. The molecule has 0 amide bonds. The molecule has 0 unspecified atom stereocenters. The standard InChI is InChI=1S/C22H18O2S/c1-3-22(23)24-17-12-14-18(15-13-17)25-21-11-7-6-10-20(21)19-9-5-4-8-16(19)2/h3-15H,1H2,2H3. The molecule has 0 spiro atoms. The van der Waals surface area contributed by atoms with Crippen molar-refractivity contribution in [2.45, 2.75) is 16.7 Å². The fourth-order valence-electron chi connectivity index (χ4n) is 2.51. The fourth-order valence-corrected chi connectivity index (χ4v) is 3.47. The van der Waals surface area contributed by atoms with Gasteiger partial charge in [-0.05, 0) is 53.9 Å². The first-order valence-corrected chi connectivity index (χ1v) is 8.76. The lowest BCUT2D eigenvalue weighted by molar-refractivity contribution is -0.128. The predicted molar refractivity (Wildman–Crippen MR) is 103 cm³/mol. The number of rotatable bonds is 5. The quantitative estimate of drug-likeness (QED) is 0.327. The van der Waals surface area contributed by atoms with Crippen molar-refractivity contribution < 1.29 is 9.53 Å². The van der Waals surface area contributed by atoms with Crippen LogP contribution in [0.15, 0.2) is 95.2 Å². The van der Waals surface area contributed by atoms with Gasteiger partial charge in [-0.25, -0.2) is 4.79 Å². The third-order valence-corrected chi connectivity index (χ3v) is 4.84. The van der Waals surface area contributed by atoms with Crippen LogP contribution in [0, 0.1) is 6.92 Å². The molecular formula is C22H18O2S. The Bertz CT molecular complexity index is 898. The average molecular weight is 346 g/mol. The Morgan fingerprint density at radius 1 is 0.920 bits per heavy atom. The smallest absolute Gasteiger partial charge is 0.335 e. The highest BCUT2D eigenvalue weighted by Crippen LogP contribution is 2.37. The van der Waals surface area contributed by atoms with E-state index in [1.54, 1.807) is 23.9 Å². The maximum Gasteiger partial charge on any atom is 0.335 e. The average Bonchev–Trinajstić information content (AvgIpc) is 2.64. The second-order valence-corrected chi connectivity index (χ2v) is 6.63. The number of carbonyl (C=O) groups excluding carboxylic acids is 1. The Hall–Kier alpha value is -2.78. The van der Waals surface area contributed by atoms with Crippen LogP contribution in [0.25, 0.3) is 11.1 Å².